The first kappa shape index (κ1) is 17.1. The highest BCUT2D eigenvalue weighted by Crippen LogP contribution is 2.29. The number of halogens is 1. The zero-order chi connectivity index (χ0) is 17.3. The van der Waals surface area contributed by atoms with Gasteiger partial charge in [-0.2, -0.15) is 0 Å². The summed E-state index contributed by atoms with van der Waals surface area (Å²) in [6.45, 7) is 0.406. The lowest BCUT2D eigenvalue weighted by Crippen LogP contribution is -2.18. The molecule has 24 heavy (non-hydrogen) atoms. The predicted octanol–water partition coefficient (Wildman–Crippen LogP) is 1.34. The van der Waals surface area contributed by atoms with Crippen LogP contribution in [0.2, 0.25) is 0 Å². The van der Waals surface area contributed by atoms with E-state index in [4.69, 9.17) is 4.65 Å². The Kier molecular flexibility index (Phi) is 4.75. The van der Waals surface area contributed by atoms with Crippen molar-refractivity contribution in [3.8, 4) is 11.5 Å². The maximum atomic E-state index is 12.7. The number of nitrogens with one attached hydrogen (secondary N) is 1. The molecule has 3 rings (SSSR count). The number of hydrogen-bond acceptors (Lipinski definition) is 5. The van der Waals surface area contributed by atoms with Crippen molar-refractivity contribution in [1.29, 1.82) is 0 Å². The van der Waals surface area contributed by atoms with E-state index < -0.39 is 10.0 Å². The van der Waals surface area contributed by atoms with E-state index in [9.17, 15) is 18.6 Å². The van der Waals surface area contributed by atoms with Crippen LogP contribution in [-0.4, -0.2) is 31.4 Å². The molecule has 0 atom stereocenters. The fourth-order valence-corrected chi connectivity index (χ4v) is 4.37. The van der Waals surface area contributed by atoms with Crippen LogP contribution in [0.5, 0.6) is 11.5 Å². The second-order valence-electron chi connectivity index (χ2n) is 5.47. The van der Waals surface area contributed by atoms with Gasteiger partial charge >= 0.3 is 7.48 Å². The summed E-state index contributed by atoms with van der Waals surface area (Å²) < 4.78 is 33.1. The van der Waals surface area contributed by atoms with Crippen LogP contribution >= 0.6 is 15.9 Å². The van der Waals surface area contributed by atoms with Gasteiger partial charge in [-0.05, 0) is 53.3 Å². The second kappa shape index (κ2) is 6.66. The molecule has 0 bridgehead atoms. The Labute approximate surface area is 148 Å². The Balaban J connectivity index is 1.98. The van der Waals surface area contributed by atoms with Crippen molar-refractivity contribution < 1.29 is 23.3 Å². The fraction of sp³-hybridized carbons (Fsp3) is 0.200. The first-order valence-corrected chi connectivity index (χ1v) is 9.84. The Morgan fingerprint density at radius 3 is 2.79 bits per heavy atom. The highest BCUT2D eigenvalue weighted by molar-refractivity contribution is 9.09. The molecule has 0 saturated carbocycles. The number of phenols is 2. The minimum atomic E-state index is -3.91. The van der Waals surface area contributed by atoms with E-state index in [1.54, 1.807) is 6.07 Å². The highest BCUT2D eigenvalue weighted by Gasteiger charge is 2.22. The van der Waals surface area contributed by atoms with E-state index in [1.807, 2.05) is 0 Å². The molecular weight excluding hydrogens is 397 g/mol. The van der Waals surface area contributed by atoms with Crippen LogP contribution in [-0.2, 0) is 27.7 Å². The maximum absolute atomic E-state index is 12.7. The first-order chi connectivity index (χ1) is 11.4. The SMILES string of the molecule is O=S(=O)(Nc1cc2c(cc1O)COB2)c1ccc(O)cc1CCBr. The quantitative estimate of drug-likeness (QED) is 0.392. The highest BCUT2D eigenvalue weighted by atomic mass is 79.9. The lowest BCUT2D eigenvalue weighted by molar-refractivity contribution is 0.344. The van der Waals surface area contributed by atoms with Gasteiger partial charge in [0.15, 0.2) is 0 Å². The minimum absolute atomic E-state index is 0.00225. The monoisotopic (exact) mass is 411 g/mol. The first-order valence-electron chi connectivity index (χ1n) is 7.24. The summed E-state index contributed by atoms with van der Waals surface area (Å²) in [6.07, 6.45) is 0.439. The maximum Gasteiger partial charge on any atom is 0.309 e. The molecule has 1 aliphatic heterocycles. The van der Waals surface area contributed by atoms with Crippen molar-refractivity contribution in [2.75, 3.05) is 10.1 Å². The molecule has 0 radical (unpaired) electrons. The van der Waals surface area contributed by atoms with Crippen molar-refractivity contribution in [2.24, 2.45) is 0 Å². The van der Waals surface area contributed by atoms with Gasteiger partial charge in [0.25, 0.3) is 10.0 Å². The van der Waals surface area contributed by atoms with Gasteiger partial charge in [0, 0.05) is 5.33 Å². The van der Waals surface area contributed by atoms with Crippen molar-refractivity contribution in [3.05, 3.63) is 41.5 Å². The molecule has 0 aliphatic carbocycles. The van der Waals surface area contributed by atoms with Gasteiger partial charge in [-0.1, -0.05) is 15.9 Å². The largest absolute Gasteiger partial charge is 0.508 e. The molecule has 6 nitrogen and oxygen atoms in total. The van der Waals surface area contributed by atoms with Crippen molar-refractivity contribution in [3.63, 3.8) is 0 Å². The van der Waals surface area contributed by atoms with Gasteiger partial charge in [-0.25, -0.2) is 8.42 Å². The number of hydrogen-bond donors (Lipinski definition) is 3. The van der Waals surface area contributed by atoms with E-state index in [0.717, 1.165) is 11.0 Å². The van der Waals surface area contributed by atoms with Crippen molar-refractivity contribution >= 4 is 44.6 Å². The Morgan fingerprint density at radius 2 is 2.04 bits per heavy atom. The Bertz CT molecular complexity index is 888. The number of phenolic OH excluding ortho intramolecular Hbond substituents is 2. The van der Waals surface area contributed by atoms with E-state index in [0.29, 0.717) is 31.4 Å². The average molecular weight is 412 g/mol. The van der Waals surface area contributed by atoms with Gasteiger partial charge in [-0.3, -0.25) is 4.72 Å². The fourth-order valence-electron chi connectivity index (χ4n) is 2.62. The third kappa shape index (κ3) is 3.38. The lowest BCUT2D eigenvalue weighted by Gasteiger charge is -2.14. The number of rotatable bonds is 5. The molecule has 2 aromatic carbocycles. The minimum Gasteiger partial charge on any atom is -0.508 e. The molecule has 0 saturated heterocycles. The van der Waals surface area contributed by atoms with Crippen LogP contribution in [0.25, 0.3) is 0 Å². The summed E-state index contributed by atoms with van der Waals surface area (Å²) in [5.74, 6) is -0.147. The number of fused-ring (bicyclic) bond motifs is 1. The molecule has 2 aromatic rings. The summed E-state index contributed by atoms with van der Waals surface area (Å²) in [5.41, 5.74) is 2.29. The van der Waals surface area contributed by atoms with E-state index in [1.165, 1.54) is 24.3 Å². The Hall–Kier alpha value is -1.71. The van der Waals surface area contributed by atoms with Gasteiger partial charge in [0.1, 0.15) is 11.5 Å². The topological polar surface area (TPSA) is 95.9 Å². The number of benzene rings is 2. The molecule has 1 heterocycles. The standard InChI is InChI=1S/C15H15BBrNO5S/c17-4-3-9-5-11(19)1-2-15(9)24(21,22)18-13-7-12-10(6-14(13)20)8-23-16-12/h1-2,5-7,16,18-20H,3-4,8H2. The third-order valence-corrected chi connectivity index (χ3v) is 5.64. The van der Waals surface area contributed by atoms with Gasteiger partial charge in [-0.15, -0.1) is 0 Å². The summed E-state index contributed by atoms with van der Waals surface area (Å²) >= 11 is 3.27. The molecule has 0 aromatic heterocycles. The van der Waals surface area contributed by atoms with Gasteiger partial charge in [0.05, 0.1) is 17.2 Å². The van der Waals surface area contributed by atoms with Crippen LogP contribution in [0.15, 0.2) is 35.2 Å². The summed E-state index contributed by atoms with van der Waals surface area (Å²) in [4.78, 5) is 0.0656. The van der Waals surface area contributed by atoms with E-state index in [-0.39, 0.29) is 22.1 Å². The number of aromatic hydroxyl groups is 2. The molecule has 3 N–H and O–H groups in total. The lowest BCUT2D eigenvalue weighted by atomic mass is 9.87. The summed E-state index contributed by atoms with van der Waals surface area (Å²) in [5, 5.41) is 20.2. The second-order valence-corrected chi connectivity index (χ2v) is 7.91. The van der Waals surface area contributed by atoms with Crippen molar-refractivity contribution in [2.45, 2.75) is 17.9 Å². The number of anilines is 1. The van der Waals surface area contributed by atoms with E-state index >= 15 is 0 Å². The molecule has 0 amide bonds. The average Bonchev–Trinajstić information content (AvgIpc) is 2.94. The zero-order valence-corrected chi connectivity index (χ0v) is 15.0. The van der Waals surface area contributed by atoms with Crippen LogP contribution in [0, 0.1) is 0 Å². The number of aryl methyl sites for hydroxylation is 1. The molecule has 126 valence electrons. The smallest absolute Gasteiger partial charge is 0.309 e. The predicted molar refractivity (Wildman–Crippen MR) is 96.1 cm³/mol. The summed E-state index contributed by atoms with van der Waals surface area (Å²) in [6, 6.07) is 7.19. The Morgan fingerprint density at radius 1 is 1.25 bits per heavy atom. The van der Waals surface area contributed by atoms with Crippen molar-refractivity contribution in [1.82, 2.24) is 0 Å². The van der Waals surface area contributed by atoms with Crippen LogP contribution in [0.4, 0.5) is 5.69 Å². The molecule has 0 unspecified atom stereocenters. The summed E-state index contributed by atoms with van der Waals surface area (Å²) in [7, 11) is -3.52. The van der Waals surface area contributed by atoms with Crippen LogP contribution in [0.1, 0.15) is 11.1 Å². The van der Waals surface area contributed by atoms with E-state index in [2.05, 4.69) is 20.7 Å². The van der Waals surface area contributed by atoms with Gasteiger partial charge in [0.2, 0.25) is 0 Å². The number of alkyl halides is 1. The molecule has 1 aliphatic rings. The molecular formula is C15H15BBrNO5S. The number of sulfonamides is 1. The molecule has 0 fully saturated rings. The molecule has 0 spiro atoms. The zero-order valence-electron chi connectivity index (χ0n) is 12.6. The normalized spacial score (nSPS) is 13.4. The van der Waals surface area contributed by atoms with Crippen LogP contribution in [0.3, 0.4) is 0 Å². The van der Waals surface area contributed by atoms with Crippen LogP contribution < -0.4 is 10.2 Å². The third-order valence-electron chi connectivity index (χ3n) is 3.77. The van der Waals surface area contributed by atoms with Gasteiger partial charge < -0.3 is 14.9 Å². The molecule has 9 heteroatoms.